The SMILES string of the molecule is COc1cccc(C(=O)OCC(=O)Nc2ccc(Cl)c([N+](=O)[O-])c2)c1O. The number of nitrogens with one attached hydrogen (secondary N) is 1. The molecular formula is C16H13ClN2O7. The summed E-state index contributed by atoms with van der Waals surface area (Å²) >= 11 is 5.68. The number of para-hydroxylation sites is 1. The van der Waals surface area contributed by atoms with Crippen LogP contribution in [-0.4, -0.2) is 35.6 Å². The molecule has 0 atom stereocenters. The molecule has 0 aliphatic carbocycles. The third kappa shape index (κ3) is 4.39. The first kappa shape index (κ1) is 19.0. The first-order chi connectivity index (χ1) is 12.3. The van der Waals surface area contributed by atoms with E-state index >= 15 is 0 Å². The average molecular weight is 381 g/mol. The van der Waals surface area contributed by atoms with Gasteiger partial charge in [-0.1, -0.05) is 17.7 Å². The molecule has 136 valence electrons. The number of hydrogen-bond acceptors (Lipinski definition) is 7. The number of phenolic OH excluding ortho intramolecular Hbond substituents is 1. The normalized spacial score (nSPS) is 10.1. The van der Waals surface area contributed by atoms with E-state index in [1.54, 1.807) is 0 Å². The summed E-state index contributed by atoms with van der Waals surface area (Å²) in [4.78, 5) is 33.9. The van der Waals surface area contributed by atoms with Crippen molar-refractivity contribution < 1.29 is 29.1 Å². The summed E-state index contributed by atoms with van der Waals surface area (Å²) < 4.78 is 9.70. The van der Waals surface area contributed by atoms with Crippen molar-refractivity contribution >= 4 is 34.9 Å². The van der Waals surface area contributed by atoms with Gasteiger partial charge in [-0.05, 0) is 24.3 Å². The van der Waals surface area contributed by atoms with Crippen LogP contribution in [0, 0.1) is 10.1 Å². The molecule has 2 aromatic rings. The predicted molar refractivity (Wildman–Crippen MR) is 91.7 cm³/mol. The highest BCUT2D eigenvalue weighted by molar-refractivity contribution is 6.32. The van der Waals surface area contributed by atoms with Crippen LogP contribution in [0.1, 0.15) is 10.4 Å². The minimum atomic E-state index is -0.932. The van der Waals surface area contributed by atoms with E-state index in [4.69, 9.17) is 21.1 Å². The van der Waals surface area contributed by atoms with Crippen LogP contribution in [0.4, 0.5) is 11.4 Å². The molecule has 26 heavy (non-hydrogen) atoms. The fraction of sp³-hybridized carbons (Fsp3) is 0.125. The summed E-state index contributed by atoms with van der Waals surface area (Å²) in [5.41, 5.74) is -0.423. The number of rotatable bonds is 6. The van der Waals surface area contributed by atoms with E-state index in [9.17, 15) is 24.8 Å². The number of ether oxygens (including phenoxy) is 2. The van der Waals surface area contributed by atoms with E-state index < -0.39 is 29.2 Å². The minimum absolute atomic E-state index is 0.0760. The number of carbonyl (C=O) groups is 2. The van der Waals surface area contributed by atoms with Crippen LogP contribution in [0.3, 0.4) is 0 Å². The van der Waals surface area contributed by atoms with Crippen molar-refractivity contribution in [3.63, 3.8) is 0 Å². The Kier molecular flexibility index (Phi) is 5.97. The molecule has 2 rings (SSSR count). The van der Waals surface area contributed by atoms with Gasteiger partial charge < -0.3 is 19.9 Å². The van der Waals surface area contributed by atoms with Crippen molar-refractivity contribution in [3.05, 3.63) is 57.1 Å². The number of anilines is 1. The number of methoxy groups -OCH3 is 1. The van der Waals surface area contributed by atoms with Gasteiger partial charge in [-0.25, -0.2) is 4.79 Å². The summed E-state index contributed by atoms with van der Waals surface area (Å²) in [6, 6.07) is 7.93. The predicted octanol–water partition coefficient (Wildman–Crippen LogP) is 2.76. The number of phenols is 1. The maximum atomic E-state index is 12.0. The molecule has 2 N–H and O–H groups in total. The highest BCUT2D eigenvalue weighted by Gasteiger charge is 2.18. The topological polar surface area (TPSA) is 128 Å². The minimum Gasteiger partial charge on any atom is -0.504 e. The second-order valence-electron chi connectivity index (χ2n) is 4.90. The van der Waals surface area contributed by atoms with Crippen molar-refractivity contribution in [2.45, 2.75) is 0 Å². The summed E-state index contributed by atoms with van der Waals surface area (Å²) in [5.74, 6) is -1.98. The molecule has 0 fully saturated rings. The average Bonchev–Trinajstić information content (AvgIpc) is 2.61. The standard InChI is InChI=1S/C16H13ClN2O7/c1-25-13-4-2-3-10(15(13)21)16(22)26-8-14(20)18-9-5-6-11(17)12(7-9)19(23)24/h2-7,21H,8H2,1H3,(H,18,20). The molecule has 0 saturated carbocycles. The number of hydrogen-bond donors (Lipinski definition) is 2. The van der Waals surface area contributed by atoms with Crippen molar-refractivity contribution in [2.75, 3.05) is 19.0 Å². The van der Waals surface area contributed by atoms with E-state index in [-0.39, 0.29) is 27.7 Å². The van der Waals surface area contributed by atoms with Crippen molar-refractivity contribution in [3.8, 4) is 11.5 Å². The molecule has 0 bridgehead atoms. The Balaban J connectivity index is 2.00. The number of carbonyl (C=O) groups excluding carboxylic acids is 2. The zero-order valence-electron chi connectivity index (χ0n) is 13.4. The van der Waals surface area contributed by atoms with Gasteiger partial charge in [-0.2, -0.15) is 0 Å². The highest BCUT2D eigenvalue weighted by atomic mass is 35.5. The zero-order valence-corrected chi connectivity index (χ0v) is 14.1. The van der Waals surface area contributed by atoms with Gasteiger partial charge in [0, 0.05) is 11.8 Å². The molecular weight excluding hydrogens is 368 g/mol. The lowest BCUT2D eigenvalue weighted by Crippen LogP contribution is -2.21. The molecule has 2 aromatic carbocycles. The largest absolute Gasteiger partial charge is 0.504 e. The maximum absolute atomic E-state index is 12.0. The Labute approximate surface area is 152 Å². The number of esters is 1. The van der Waals surface area contributed by atoms with Crippen LogP contribution in [0.15, 0.2) is 36.4 Å². The first-order valence-electron chi connectivity index (χ1n) is 7.10. The molecule has 0 saturated heterocycles. The van der Waals surface area contributed by atoms with Gasteiger partial charge >= 0.3 is 5.97 Å². The summed E-state index contributed by atoms with van der Waals surface area (Å²) in [5, 5.41) is 23.0. The van der Waals surface area contributed by atoms with Gasteiger partial charge in [0.05, 0.1) is 12.0 Å². The van der Waals surface area contributed by atoms with Gasteiger partial charge in [0.25, 0.3) is 11.6 Å². The van der Waals surface area contributed by atoms with Crippen molar-refractivity contribution in [2.24, 2.45) is 0 Å². The third-order valence-corrected chi connectivity index (χ3v) is 3.52. The smallest absolute Gasteiger partial charge is 0.342 e. The molecule has 0 heterocycles. The van der Waals surface area contributed by atoms with Gasteiger partial charge in [-0.15, -0.1) is 0 Å². The summed E-state index contributed by atoms with van der Waals surface area (Å²) in [6.07, 6.45) is 0. The molecule has 0 unspecified atom stereocenters. The van der Waals surface area contributed by atoms with Gasteiger partial charge in [0.2, 0.25) is 0 Å². The fourth-order valence-electron chi connectivity index (χ4n) is 1.99. The maximum Gasteiger partial charge on any atom is 0.342 e. The second-order valence-corrected chi connectivity index (χ2v) is 5.31. The van der Waals surface area contributed by atoms with Crippen LogP contribution in [0.2, 0.25) is 5.02 Å². The number of halogens is 1. The van der Waals surface area contributed by atoms with Crippen LogP contribution in [-0.2, 0) is 9.53 Å². The molecule has 10 heteroatoms. The van der Waals surface area contributed by atoms with E-state index in [1.165, 1.54) is 37.4 Å². The van der Waals surface area contributed by atoms with Gasteiger partial charge in [0.15, 0.2) is 18.1 Å². The lowest BCUT2D eigenvalue weighted by atomic mass is 10.2. The Morgan fingerprint density at radius 3 is 2.69 bits per heavy atom. The van der Waals surface area contributed by atoms with E-state index in [0.717, 1.165) is 6.07 Å². The Bertz CT molecular complexity index is 870. The number of nitrogens with zero attached hydrogens (tertiary/aromatic N) is 1. The molecule has 0 spiro atoms. The van der Waals surface area contributed by atoms with Crippen LogP contribution < -0.4 is 10.1 Å². The fourth-order valence-corrected chi connectivity index (χ4v) is 2.17. The number of amides is 1. The van der Waals surface area contributed by atoms with Crippen molar-refractivity contribution in [1.82, 2.24) is 0 Å². The molecule has 0 aromatic heterocycles. The quantitative estimate of drug-likeness (QED) is 0.448. The van der Waals surface area contributed by atoms with Gasteiger partial charge in [0.1, 0.15) is 10.6 Å². The highest BCUT2D eigenvalue weighted by Crippen LogP contribution is 2.30. The number of nitro groups is 1. The molecule has 0 aliphatic heterocycles. The summed E-state index contributed by atoms with van der Waals surface area (Å²) in [7, 11) is 1.32. The number of benzene rings is 2. The Morgan fingerprint density at radius 2 is 2.04 bits per heavy atom. The number of nitro benzene ring substituents is 1. The van der Waals surface area contributed by atoms with Crippen LogP contribution in [0.25, 0.3) is 0 Å². The second kappa shape index (κ2) is 8.17. The van der Waals surface area contributed by atoms with Crippen LogP contribution >= 0.6 is 11.6 Å². The molecule has 1 amide bonds. The molecule has 9 nitrogen and oxygen atoms in total. The van der Waals surface area contributed by atoms with E-state index in [1.807, 2.05) is 0 Å². The number of aromatic hydroxyl groups is 1. The monoisotopic (exact) mass is 380 g/mol. The van der Waals surface area contributed by atoms with Crippen molar-refractivity contribution in [1.29, 1.82) is 0 Å². The first-order valence-corrected chi connectivity index (χ1v) is 7.48. The Hall–Kier alpha value is -3.33. The van der Waals surface area contributed by atoms with Crippen LogP contribution in [0.5, 0.6) is 11.5 Å². The molecule has 0 radical (unpaired) electrons. The summed E-state index contributed by atoms with van der Waals surface area (Å²) in [6.45, 7) is -0.661. The van der Waals surface area contributed by atoms with E-state index in [2.05, 4.69) is 5.32 Å². The van der Waals surface area contributed by atoms with Gasteiger partial charge in [-0.3, -0.25) is 14.9 Å². The van der Waals surface area contributed by atoms with E-state index in [0.29, 0.717) is 0 Å². The molecule has 0 aliphatic rings. The Morgan fingerprint density at radius 1 is 1.31 bits per heavy atom. The zero-order chi connectivity index (χ0) is 19.3. The third-order valence-electron chi connectivity index (χ3n) is 3.20. The lowest BCUT2D eigenvalue weighted by Gasteiger charge is -2.09. The lowest BCUT2D eigenvalue weighted by molar-refractivity contribution is -0.384.